The van der Waals surface area contributed by atoms with E-state index >= 15 is 0 Å². The largest absolute Gasteiger partial charge is 0.490 e. The summed E-state index contributed by atoms with van der Waals surface area (Å²) >= 11 is 0. The number of aryl methyl sites for hydroxylation is 1. The second kappa shape index (κ2) is 8.93. The topological polar surface area (TPSA) is 105 Å². The maximum atomic E-state index is 12.4. The summed E-state index contributed by atoms with van der Waals surface area (Å²) in [5.41, 5.74) is 14.2. The first kappa shape index (κ1) is 19.9. The van der Waals surface area contributed by atoms with Crippen molar-refractivity contribution in [1.29, 1.82) is 0 Å². The third-order valence-corrected chi connectivity index (χ3v) is 4.28. The van der Waals surface area contributed by atoms with Gasteiger partial charge in [0.05, 0.1) is 5.69 Å². The van der Waals surface area contributed by atoms with Gasteiger partial charge in [-0.05, 0) is 49.4 Å². The Balaban J connectivity index is 1.52. The third kappa shape index (κ3) is 5.13. The minimum absolute atomic E-state index is 0.291. The molecule has 0 saturated heterocycles. The molecule has 4 N–H and O–H groups in total. The Morgan fingerprint density at radius 2 is 1.31 bits per heavy atom. The highest BCUT2D eigenvalue weighted by atomic mass is 16.5. The number of carbonyl (C=O) groups excluding carboxylic acids is 2. The quantitative estimate of drug-likeness (QED) is 0.263. The number of nitrogen functional groups attached to an aromatic ring is 2. The predicted molar refractivity (Wildman–Crippen MR) is 113 cm³/mol. The molecule has 3 aromatic carbocycles. The van der Waals surface area contributed by atoms with Crippen LogP contribution in [0.5, 0.6) is 11.5 Å². The molecule has 0 aliphatic rings. The van der Waals surface area contributed by atoms with E-state index in [4.69, 9.17) is 20.9 Å². The van der Waals surface area contributed by atoms with Gasteiger partial charge in [-0.2, -0.15) is 0 Å². The molecule has 0 aliphatic carbocycles. The van der Waals surface area contributed by atoms with Crippen molar-refractivity contribution in [2.24, 2.45) is 0 Å². The summed E-state index contributed by atoms with van der Waals surface area (Å²) in [7, 11) is 0. The molecule has 6 nitrogen and oxygen atoms in total. The van der Waals surface area contributed by atoms with Crippen LogP contribution in [0.3, 0.4) is 0 Å². The number of nitrogens with two attached hydrogens (primary N) is 2. The van der Waals surface area contributed by atoms with Gasteiger partial charge in [0.15, 0.2) is 0 Å². The fraction of sp³-hybridized carbons (Fsp3) is 0.130. The summed E-state index contributed by atoms with van der Waals surface area (Å²) in [5.74, 6) is 0.0206. The van der Waals surface area contributed by atoms with E-state index in [-0.39, 0.29) is 0 Å². The number of anilines is 2. The SMILES string of the molecule is Cc1ccc(C(=O)C(=O)c2ccc(OCCOc3ccc(N)cc3N)cc2)cc1. The smallest absolute Gasteiger partial charge is 0.233 e. The molecule has 3 rings (SSSR count). The van der Waals surface area contributed by atoms with Gasteiger partial charge in [-0.25, -0.2) is 0 Å². The Morgan fingerprint density at radius 3 is 1.90 bits per heavy atom. The molecule has 0 heterocycles. The van der Waals surface area contributed by atoms with Crippen LogP contribution >= 0.6 is 0 Å². The van der Waals surface area contributed by atoms with Crippen LogP contribution in [0.25, 0.3) is 0 Å². The first-order valence-electron chi connectivity index (χ1n) is 9.10. The number of hydrogen-bond acceptors (Lipinski definition) is 6. The van der Waals surface area contributed by atoms with Crippen LogP contribution in [-0.4, -0.2) is 24.8 Å². The molecule has 0 spiro atoms. The Hall–Kier alpha value is -3.80. The lowest BCUT2D eigenvalue weighted by Gasteiger charge is -2.11. The summed E-state index contributed by atoms with van der Waals surface area (Å²) in [4.78, 5) is 24.7. The van der Waals surface area contributed by atoms with Crippen molar-refractivity contribution in [3.63, 3.8) is 0 Å². The zero-order valence-corrected chi connectivity index (χ0v) is 16.1. The number of benzene rings is 3. The van der Waals surface area contributed by atoms with Crippen LogP contribution in [0.4, 0.5) is 11.4 Å². The van der Waals surface area contributed by atoms with Crippen molar-refractivity contribution in [1.82, 2.24) is 0 Å². The lowest BCUT2D eigenvalue weighted by atomic mass is 10.0. The molecule has 148 valence electrons. The fourth-order valence-corrected chi connectivity index (χ4v) is 2.68. The fourth-order valence-electron chi connectivity index (χ4n) is 2.68. The standard InChI is InChI=1S/C23H22N2O4/c1-15-2-4-16(5-3-15)22(26)23(27)17-6-9-19(10-7-17)28-12-13-29-21-11-8-18(24)14-20(21)25/h2-11,14H,12-13,24-25H2,1H3. The molecule has 0 saturated carbocycles. The van der Waals surface area contributed by atoms with Crippen molar-refractivity contribution >= 4 is 22.9 Å². The molecule has 0 amide bonds. The highest BCUT2D eigenvalue weighted by molar-refractivity contribution is 6.49. The second-order valence-electron chi connectivity index (χ2n) is 6.54. The van der Waals surface area contributed by atoms with Crippen LogP contribution in [0.15, 0.2) is 66.7 Å². The van der Waals surface area contributed by atoms with Crippen LogP contribution in [0.2, 0.25) is 0 Å². The van der Waals surface area contributed by atoms with Gasteiger partial charge >= 0.3 is 0 Å². The van der Waals surface area contributed by atoms with Crippen molar-refractivity contribution in [2.45, 2.75) is 6.92 Å². The molecular weight excluding hydrogens is 368 g/mol. The van der Waals surface area contributed by atoms with Crippen molar-refractivity contribution in [2.75, 3.05) is 24.7 Å². The monoisotopic (exact) mass is 390 g/mol. The minimum Gasteiger partial charge on any atom is -0.490 e. The molecule has 0 atom stereocenters. The van der Waals surface area contributed by atoms with E-state index in [1.165, 1.54) is 0 Å². The van der Waals surface area contributed by atoms with Crippen LogP contribution in [0.1, 0.15) is 26.3 Å². The minimum atomic E-state index is -0.553. The van der Waals surface area contributed by atoms with E-state index in [1.807, 2.05) is 6.92 Å². The highest BCUT2D eigenvalue weighted by Gasteiger charge is 2.18. The number of ether oxygens (including phenoxy) is 2. The molecule has 0 radical (unpaired) electrons. The average Bonchev–Trinajstić information content (AvgIpc) is 2.72. The first-order chi connectivity index (χ1) is 13.9. The number of Topliss-reactive ketones (excluding diaryl/α,β-unsaturated/α-hetero) is 2. The third-order valence-electron chi connectivity index (χ3n) is 4.28. The van der Waals surface area contributed by atoms with Gasteiger partial charge in [-0.3, -0.25) is 9.59 Å². The van der Waals surface area contributed by atoms with Gasteiger partial charge in [0, 0.05) is 16.8 Å². The van der Waals surface area contributed by atoms with Gasteiger partial charge in [-0.15, -0.1) is 0 Å². The molecule has 6 heteroatoms. The Bertz CT molecular complexity index is 1010. The molecule has 0 aromatic heterocycles. The maximum absolute atomic E-state index is 12.4. The van der Waals surface area contributed by atoms with E-state index in [9.17, 15) is 9.59 Å². The zero-order chi connectivity index (χ0) is 20.8. The van der Waals surface area contributed by atoms with Crippen molar-refractivity contribution in [3.8, 4) is 11.5 Å². The second-order valence-corrected chi connectivity index (χ2v) is 6.54. The van der Waals surface area contributed by atoms with E-state index in [0.717, 1.165) is 5.56 Å². The molecule has 0 unspecified atom stereocenters. The average molecular weight is 390 g/mol. The van der Waals surface area contributed by atoms with E-state index in [0.29, 0.717) is 47.2 Å². The molecule has 0 aliphatic heterocycles. The summed E-state index contributed by atoms with van der Waals surface area (Å²) in [5, 5.41) is 0. The first-order valence-corrected chi connectivity index (χ1v) is 9.10. The van der Waals surface area contributed by atoms with Gasteiger partial charge < -0.3 is 20.9 Å². The Morgan fingerprint density at radius 1 is 0.759 bits per heavy atom. The van der Waals surface area contributed by atoms with Crippen molar-refractivity contribution < 1.29 is 19.1 Å². The number of ketones is 2. The van der Waals surface area contributed by atoms with Gasteiger partial charge in [0.1, 0.15) is 24.7 Å². The molecular formula is C23H22N2O4. The number of rotatable bonds is 8. The lowest BCUT2D eigenvalue weighted by Crippen LogP contribution is -2.14. The molecule has 3 aromatic rings. The van der Waals surface area contributed by atoms with E-state index in [1.54, 1.807) is 66.7 Å². The predicted octanol–water partition coefficient (Wildman–Crippen LogP) is 3.68. The number of hydrogen-bond donors (Lipinski definition) is 2. The van der Waals surface area contributed by atoms with E-state index in [2.05, 4.69) is 0 Å². The van der Waals surface area contributed by atoms with Gasteiger partial charge in [0.2, 0.25) is 11.6 Å². The molecule has 29 heavy (non-hydrogen) atoms. The van der Waals surface area contributed by atoms with E-state index < -0.39 is 11.6 Å². The van der Waals surface area contributed by atoms with Crippen molar-refractivity contribution in [3.05, 3.63) is 83.4 Å². The highest BCUT2D eigenvalue weighted by Crippen LogP contribution is 2.23. The summed E-state index contributed by atoms with van der Waals surface area (Å²) in [6.07, 6.45) is 0. The summed E-state index contributed by atoms with van der Waals surface area (Å²) in [6, 6.07) is 18.4. The van der Waals surface area contributed by atoms with Gasteiger partial charge in [0.25, 0.3) is 0 Å². The Labute approximate surface area is 169 Å². The van der Waals surface area contributed by atoms with Crippen LogP contribution in [0, 0.1) is 6.92 Å². The normalized spacial score (nSPS) is 10.4. The summed E-state index contributed by atoms with van der Waals surface area (Å²) < 4.78 is 11.2. The Kier molecular flexibility index (Phi) is 6.14. The zero-order valence-electron chi connectivity index (χ0n) is 16.1. The molecule has 0 bridgehead atoms. The lowest BCUT2D eigenvalue weighted by molar-refractivity contribution is 0.0817. The maximum Gasteiger partial charge on any atom is 0.233 e. The van der Waals surface area contributed by atoms with Gasteiger partial charge in [-0.1, -0.05) is 29.8 Å². The summed E-state index contributed by atoms with van der Waals surface area (Å²) in [6.45, 7) is 2.50. The molecule has 0 fully saturated rings. The van der Waals surface area contributed by atoms with Crippen LogP contribution in [-0.2, 0) is 0 Å². The number of carbonyl (C=O) groups is 2. The van der Waals surface area contributed by atoms with Crippen LogP contribution < -0.4 is 20.9 Å².